The van der Waals surface area contributed by atoms with Gasteiger partial charge in [0.1, 0.15) is 0 Å². The van der Waals surface area contributed by atoms with Crippen LogP contribution in [0.1, 0.15) is 6.92 Å². The molecule has 1 amide bonds. The minimum absolute atomic E-state index is 0.0356. The zero-order valence-corrected chi connectivity index (χ0v) is 21.0. The first-order chi connectivity index (χ1) is 18.6. The maximum Gasteiger partial charge on any atom is 0.490 e. The van der Waals surface area contributed by atoms with Gasteiger partial charge in [0.2, 0.25) is 5.95 Å². The summed E-state index contributed by atoms with van der Waals surface area (Å²) < 4.78 is 49.7. The summed E-state index contributed by atoms with van der Waals surface area (Å²) >= 11 is 0. The molecule has 1 aromatic carbocycles. The molecule has 15 heteroatoms. The number of esters is 1. The fourth-order valence-corrected chi connectivity index (χ4v) is 3.79. The van der Waals surface area contributed by atoms with Gasteiger partial charge < -0.3 is 25.0 Å². The van der Waals surface area contributed by atoms with Gasteiger partial charge in [-0.3, -0.25) is 18.7 Å². The highest BCUT2D eigenvalue weighted by Crippen LogP contribution is 2.29. The number of rotatable bonds is 7. The van der Waals surface area contributed by atoms with E-state index in [1.165, 1.54) is 29.8 Å². The van der Waals surface area contributed by atoms with Crippen LogP contribution in [0, 0.1) is 11.8 Å². The molecule has 1 fully saturated rings. The van der Waals surface area contributed by atoms with Gasteiger partial charge in [0.25, 0.3) is 11.5 Å². The van der Waals surface area contributed by atoms with E-state index in [2.05, 4.69) is 37.2 Å². The van der Waals surface area contributed by atoms with E-state index in [9.17, 15) is 27.6 Å². The molecule has 0 unspecified atom stereocenters. The number of hydrogen-bond donors (Lipinski definition) is 2. The molecule has 2 aromatic heterocycles. The zero-order chi connectivity index (χ0) is 28.2. The topological polar surface area (TPSA) is 133 Å². The van der Waals surface area contributed by atoms with Crippen LogP contribution in [0.5, 0.6) is 11.8 Å². The number of imidazole rings is 1. The quantitative estimate of drug-likeness (QED) is 0.333. The Bertz CT molecular complexity index is 1510. The third-order valence-electron chi connectivity index (χ3n) is 5.67. The van der Waals surface area contributed by atoms with Crippen molar-refractivity contribution in [3.63, 3.8) is 0 Å². The van der Waals surface area contributed by atoms with Crippen molar-refractivity contribution in [1.29, 1.82) is 0 Å². The summed E-state index contributed by atoms with van der Waals surface area (Å²) in [6.07, 6.45) is -5.22. The Morgan fingerprint density at radius 1 is 1.18 bits per heavy atom. The largest absolute Gasteiger partial charge is 0.490 e. The summed E-state index contributed by atoms with van der Waals surface area (Å²) in [5.41, 5.74) is -0.0122. The van der Waals surface area contributed by atoms with E-state index in [0.717, 1.165) is 13.1 Å². The molecule has 0 spiro atoms. The highest BCUT2D eigenvalue weighted by Gasteiger charge is 2.41. The molecule has 0 radical (unpaired) electrons. The van der Waals surface area contributed by atoms with Gasteiger partial charge in [-0.1, -0.05) is 18.1 Å². The van der Waals surface area contributed by atoms with Crippen molar-refractivity contribution in [2.75, 3.05) is 43.0 Å². The van der Waals surface area contributed by atoms with Crippen LogP contribution < -0.4 is 25.8 Å². The maximum absolute atomic E-state index is 13.4. The van der Waals surface area contributed by atoms with Gasteiger partial charge in [-0.25, -0.2) is 4.79 Å². The van der Waals surface area contributed by atoms with Gasteiger partial charge >= 0.3 is 18.2 Å². The Labute approximate surface area is 219 Å². The van der Waals surface area contributed by atoms with Gasteiger partial charge in [-0.05, 0) is 19.1 Å². The smallest absolute Gasteiger partial charge is 0.449 e. The molecule has 3 heterocycles. The van der Waals surface area contributed by atoms with E-state index in [4.69, 9.17) is 4.74 Å². The van der Waals surface area contributed by atoms with Crippen LogP contribution in [0.15, 0.2) is 29.1 Å². The molecule has 0 aliphatic carbocycles. The molecular formula is C24H24F3N7O5. The van der Waals surface area contributed by atoms with Crippen LogP contribution in [0.25, 0.3) is 11.2 Å². The molecule has 39 heavy (non-hydrogen) atoms. The number of alkyl halides is 3. The number of aromatic nitrogens is 4. The maximum atomic E-state index is 13.4. The van der Waals surface area contributed by atoms with Gasteiger partial charge in [0.05, 0.1) is 12.2 Å². The Hall–Kier alpha value is -4.58. The van der Waals surface area contributed by atoms with E-state index in [-0.39, 0.29) is 35.2 Å². The average Bonchev–Trinajstić information content (AvgIpc) is 3.28. The van der Waals surface area contributed by atoms with Crippen LogP contribution in [0.2, 0.25) is 0 Å². The number of nitrogens with one attached hydrogen (secondary N) is 2. The molecule has 3 aromatic rings. The molecule has 1 aliphatic heterocycles. The first-order valence-corrected chi connectivity index (χ1v) is 11.7. The van der Waals surface area contributed by atoms with E-state index < -0.39 is 30.2 Å². The molecular weight excluding hydrogens is 523 g/mol. The summed E-state index contributed by atoms with van der Waals surface area (Å²) in [6.45, 7) is 3.62. The average molecular weight is 547 g/mol. The molecule has 0 bridgehead atoms. The summed E-state index contributed by atoms with van der Waals surface area (Å²) in [5.74, 6) is 2.86. The summed E-state index contributed by atoms with van der Waals surface area (Å²) in [6, 6.07) is 5.84. The van der Waals surface area contributed by atoms with Crippen molar-refractivity contribution in [3.8, 4) is 23.6 Å². The Morgan fingerprint density at radius 2 is 1.90 bits per heavy atom. The lowest BCUT2D eigenvalue weighted by Gasteiger charge is -2.28. The summed E-state index contributed by atoms with van der Waals surface area (Å²) in [5, 5.41) is 5.58. The van der Waals surface area contributed by atoms with Crippen LogP contribution in [-0.2, 0) is 27.9 Å². The van der Waals surface area contributed by atoms with Crippen molar-refractivity contribution < 1.29 is 32.2 Å². The van der Waals surface area contributed by atoms with Crippen LogP contribution in [-0.4, -0.2) is 69.9 Å². The zero-order valence-electron chi connectivity index (χ0n) is 21.0. The van der Waals surface area contributed by atoms with Gasteiger partial charge in [0, 0.05) is 33.2 Å². The molecule has 4 rings (SSSR count). The van der Waals surface area contributed by atoms with Crippen LogP contribution in [0.3, 0.4) is 0 Å². The van der Waals surface area contributed by atoms with Crippen molar-refractivity contribution in [2.45, 2.75) is 19.6 Å². The fourth-order valence-electron chi connectivity index (χ4n) is 3.79. The number of anilines is 2. The fraction of sp³-hybridized carbons (Fsp3) is 0.375. The van der Waals surface area contributed by atoms with E-state index in [0.29, 0.717) is 19.0 Å². The lowest BCUT2D eigenvalue weighted by molar-refractivity contribution is -0.199. The number of ether oxygens (including phenoxy) is 2. The number of hydrogen-bond acceptors (Lipinski definition) is 9. The van der Waals surface area contributed by atoms with Crippen molar-refractivity contribution >= 4 is 34.7 Å². The normalized spacial score (nSPS) is 13.5. The number of piperazine rings is 1. The Kier molecular flexibility index (Phi) is 8.05. The standard InChI is InChI=1S/C24H24F3N7O5/c1-3-4-11-34-18-19(30-22(34)33-12-9-28-10-13-33)31-23(32(2)20(18)36)39-16-8-6-5-7-15(16)29-17(35)14-38-21(37)24(25,26)27/h5-8,28H,9-14H2,1-2H3,(H,29,35). The molecule has 0 atom stereocenters. The minimum Gasteiger partial charge on any atom is -0.449 e. The van der Waals surface area contributed by atoms with Crippen LogP contribution >= 0.6 is 0 Å². The molecule has 1 aliphatic rings. The number of para-hydroxylation sites is 2. The van der Waals surface area contributed by atoms with E-state index in [1.54, 1.807) is 17.6 Å². The monoisotopic (exact) mass is 547 g/mol. The molecule has 12 nitrogen and oxygen atoms in total. The Morgan fingerprint density at radius 3 is 2.59 bits per heavy atom. The second-order valence-corrected chi connectivity index (χ2v) is 8.31. The van der Waals surface area contributed by atoms with Crippen molar-refractivity contribution in [3.05, 3.63) is 34.6 Å². The second-order valence-electron chi connectivity index (χ2n) is 8.31. The second kappa shape index (κ2) is 11.4. The van der Waals surface area contributed by atoms with Gasteiger partial charge in [-0.15, -0.1) is 5.92 Å². The lowest BCUT2D eigenvalue weighted by Crippen LogP contribution is -2.44. The first kappa shape index (κ1) is 27.5. The van der Waals surface area contributed by atoms with E-state index in [1.807, 2.05) is 4.90 Å². The third-order valence-corrected chi connectivity index (χ3v) is 5.67. The number of amides is 1. The molecule has 1 saturated heterocycles. The first-order valence-electron chi connectivity index (χ1n) is 11.7. The predicted molar refractivity (Wildman–Crippen MR) is 133 cm³/mol. The van der Waals surface area contributed by atoms with Gasteiger partial charge in [-0.2, -0.15) is 23.1 Å². The lowest BCUT2D eigenvalue weighted by atomic mass is 10.3. The highest BCUT2D eigenvalue weighted by atomic mass is 19.4. The highest BCUT2D eigenvalue weighted by molar-refractivity contribution is 5.94. The number of fused-ring (bicyclic) bond motifs is 1. The summed E-state index contributed by atoms with van der Waals surface area (Å²) in [7, 11) is 1.45. The minimum atomic E-state index is -5.22. The number of halogens is 3. The van der Waals surface area contributed by atoms with Crippen molar-refractivity contribution in [2.24, 2.45) is 7.05 Å². The predicted octanol–water partition coefficient (Wildman–Crippen LogP) is 1.40. The number of benzene rings is 1. The third kappa shape index (κ3) is 6.12. The summed E-state index contributed by atoms with van der Waals surface area (Å²) in [4.78, 5) is 47.5. The van der Waals surface area contributed by atoms with E-state index >= 15 is 0 Å². The SMILES string of the molecule is CC#CCn1c(N2CCNCC2)nc2nc(Oc3ccccc3NC(=O)COC(=O)C(F)(F)F)n(C)c(=O)c21. The van der Waals surface area contributed by atoms with Gasteiger partial charge in [0.15, 0.2) is 23.5 Å². The number of carbonyl (C=O) groups is 2. The molecule has 206 valence electrons. The molecule has 0 saturated carbocycles. The van der Waals surface area contributed by atoms with Crippen LogP contribution in [0.4, 0.5) is 24.8 Å². The number of carbonyl (C=O) groups excluding carboxylic acids is 2. The Balaban J connectivity index is 1.64. The molecule has 2 N–H and O–H groups in total. The van der Waals surface area contributed by atoms with Crippen molar-refractivity contribution in [1.82, 2.24) is 24.4 Å². The number of nitrogens with zero attached hydrogens (tertiary/aromatic N) is 5.